The van der Waals surface area contributed by atoms with E-state index in [1.54, 1.807) is 20.3 Å². The molecule has 0 aliphatic rings. The number of methoxy groups -OCH3 is 2. The van der Waals surface area contributed by atoms with Gasteiger partial charge in [0, 0.05) is 15.9 Å². The Kier molecular flexibility index (Phi) is 5.97. The summed E-state index contributed by atoms with van der Waals surface area (Å²) in [5.74, 6) is 1.47. The maximum absolute atomic E-state index is 6.54. The van der Waals surface area contributed by atoms with Gasteiger partial charge in [0.15, 0.2) is 0 Å². The van der Waals surface area contributed by atoms with Crippen LogP contribution in [0.1, 0.15) is 18.4 Å². The van der Waals surface area contributed by atoms with Crippen LogP contribution in [0.4, 0.5) is 0 Å². The topological polar surface area (TPSA) is 60.3 Å². The third-order valence-corrected chi connectivity index (χ3v) is 4.99. The second-order valence-electron chi connectivity index (χ2n) is 6.07. The second kappa shape index (κ2) is 8.21. The van der Waals surface area contributed by atoms with Crippen molar-refractivity contribution in [3.8, 4) is 22.8 Å². The Morgan fingerprint density at radius 2 is 1.73 bits per heavy atom. The van der Waals surface area contributed by atoms with Gasteiger partial charge >= 0.3 is 0 Å². The van der Waals surface area contributed by atoms with Gasteiger partial charge in [-0.1, -0.05) is 29.3 Å². The van der Waals surface area contributed by atoms with Crippen LogP contribution in [-0.2, 0) is 6.42 Å². The lowest BCUT2D eigenvalue weighted by molar-refractivity contribution is 0.397. The van der Waals surface area contributed by atoms with E-state index in [0.29, 0.717) is 16.6 Å². The van der Waals surface area contributed by atoms with Gasteiger partial charge in [-0.3, -0.25) is 0 Å². The molecule has 0 saturated heterocycles. The van der Waals surface area contributed by atoms with Crippen molar-refractivity contribution in [1.29, 1.82) is 0 Å². The molecule has 0 saturated carbocycles. The van der Waals surface area contributed by atoms with Crippen LogP contribution < -0.4 is 15.2 Å². The molecule has 0 spiro atoms. The zero-order valence-corrected chi connectivity index (χ0v) is 16.4. The van der Waals surface area contributed by atoms with Crippen molar-refractivity contribution in [1.82, 2.24) is 4.98 Å². The number of aryl methyl sites for hydroxylation is 1. The van der Waals surface area contributed by atoms with Crippen molar-refractivity contribution >= 4 is 34.1 Å². The lowest BCUT2D eigenvalue weighted by Gasteiger charge is -2.14. The maximum atomic E-state index is 6.54. The zero-order chi connectivity index (χ0) is 18.7. The van der Waals surface area contributed by atoms with Gasteiger partial charge in [0.2, 0.25) is 0 Å². The number of ether oxygens (including phenoxy) is 2. The van der Waals surface area contributed by atoms with E-state index in [-0.39, 0.29) is 0 Å². The molecule has 2 aromatic carbocycles. The minimum absolute atomic E-state index is 0.593. The van der Waals surface area contributed by atoms with Crippen LogP contribution in [0.2, 0.25) is 10.0 Å². The molecule has 0 aliphatic carbocycles. The lowest BCUT2D eigenvalue weighted by atomic mass is 9.99. The fourth-order valence-electron chi connectivity index (χ4n) is 3.32. The Hall–Kier alpha value is -1.88. The van der Waals surface area contributed by atoms with E-state index in [1.807, 2.05) is 24.3 Å². The van der Waals surface area contributed by atoms with E-state index in [9.17, 15) is 0 Å². The van der Waals surface area contributed by atoms with Gasteiger partial charge in [-0.05, 0) is 55.6 Å². The minimum Gasteiger partial charge on any atom is -0.496 e. The molecule has 0 fully saturated rings. The Morgan fingerprint density at radius 3 is 2.35 bits per heavy atom. The van der Waals surface area contributed by atoms with E-state index >= 15 is 0 Å². The van der Waals surface area contributed by atoms with E-state index in [2.05, 4.69) is 4.98 Å². The van der Waals surface area contributed by atoms with Crippen molar-refractivity contribution in [3.63, 3.8) is 0 Å². The molecule has 0 radical (unpaired) electrons. The first-order valence-corrected chi connectivity index (χ1v) is 9.27. The highest BCUT2D eigenvalue weighted by molar-refractivity contribution is 6.39. The number of H-pyrrole nitrogens is 1. The predicted octanol–water partition coefficient (Wildman–Crippen LogP) is 5.44. The predicted molar refractivity (Wildman–Crippen MR) is 109 cm³/mol. The van der Waals surface area contributed by atoms with Gasteiger partial charge in [-0.15, -0.1) is 0 Å². The molecule has 1 aromatic heterocycles. The second-order valence-corrected chi connectivity index (χ2v) is 6.92. The number of hydrogen-bond donors (Lipinski definition) is 2. The summed E-state index contributed by atoms with van der Waals surface area (Å²) in [6.45, 7) is 0.662. The molecule has 1 heterocycles. The molecular formula is C20H22Cl2N2O2. The van der Waals surface area contributed by atoms with E-state index in [4.69, 9.17) is 38.4 Å². The summed E-state index contributed by atoms with van der Waals surface area (Å²) >= 11 is 12.7. The zero-order valence-electron chi connectivity index (χ0n) is 14.9. The molecule has 3 rings (SSSR count). The van der Waals surface area contributed by atoms with Crippen LogP contribution in [-0.4, -0.2) is 25.7 Å². The first-order chi connectivity index (χ1) is 12.6. The summed E-state index contributed by atoms with van der Waals surface area (Å²) in [4.78, 5) is 3.48. The van der Waals surface area contributed by atoms with Gasteiger partial charge in [-0.2, -0.15) is 0 Å². The van der Waals surface area contributed by atoms with E-state index in [0.717, 1.165) is 58.5 Å². The molecule has 0 atom stereocenters. The number of aromatic amines is 1. The van der Waals surface area contributed by atoms with Crippen LogP contribution in [0.3, 0.4) is 0 Å². The average Bonchev–Trinajstić information content (AvgIpc) is 2.99. The lowest BCUT2D eigenvalue weighted by Crippen LogP contribution is -2.00. The minimum atomic E-state index is 0.593. The van der Waals surface area contributed by atoms with Crippen LogP contribution in [0.15, 0.2) is 30.3 Å². The van der Waals surface area contributed by atoms with Crippen LogP contribution in [0, 0.1) is 0 Å². The number of halogens is 2. The third kappa shape index (κ3) is 3.50. The number of nitrogens with two attached hydrogens (primary N) is 1. The van der Waals surface area contributed by atoms with Crippen molar-refractivity contribution < 1.29 is 9.47 Å². The SMILES string of the molecule is COc1cccc(OC)c1-c1[nH]c2cc(Cl)cc(Cl)c2c1CCCCN. The highest BCUT2D eigenvalue weighted by Gasteiger charge is 2.21. The molecule has 138 valence electrons. The summed E-state index contributed by atoms with van der Waals surface area (Å²) in [7, 11) is 3.30. The Morgan fingerprint density at radius 1 is 1.04 bits per heavy atom. The van der Waals surface area contributed by atoms with Gasteiger partial charge in [0.05, 0.1) is 30.5 Å². The number of rotatable bonds is 7. The van der Waals surface area contributed by atoms with Crippen LogP contribution in [0.5, 0.6) is 11.5 Å². The monoisotopic (exact) mass is 392 g/mol. The number of fused-ring (bicyclic) bond motifs is 1. The molecule has 0 aliphatic heterocycles. The summed E-state index contributed by atoms with van der Waals surface area (Å²) in [6, 6.07) is 9.40. The quantitative estimate of drug-likeness (QED) is 0.526. The molecule has 4 nitrogen and oxygen atoms in total. The molecule has 3 aromatic rings. The smallest absolute Gasteiger partial charge is 0.131 e. The molecule has 6 heteroatoms. The van der Waals surface area contributed by atoms with E-state index < -0.39 is 0 Å². The van der Waals surface area contributed by atoms with Gasteiger partial charge < -0.3 is 20.2 Å². The highest BCUT2D eigenvalue weighted by Crippen LogP contribution is 2.44. The first kappa shape index (κ1) is 18.9. The number of nitrogens with one attached hydrogen (secondary N) is 1. The fraction of sp³-hybridized carbons (Fsp3) is 0.300. The average molecular weight is 393 g/mol. The summed E-state index contributed by atoms with van der Waals surface area (Å²) in [5, 5.41) is 2.21. The Labute approximate surface area is 163 Å². The van der Waals surface area contributed by atoms with Gasteiger partial charge in [-0.25, -0.2) is 0 Å². The molecule has 3 N–H and O–H groups in total. The Balaban J connectivity index is 2.29. The molecule has 26 heavy (non-hydrogen) atoms. The standard InChI is InChI=1S/C20H22Cl2N2O2/c1-25-16-7-5-8-17(26-2)19(16)20-13(6-3-4-9-23)18-14(22)10-12(21)11-15(18)24-20/h5,7-8,10-11,24H,3-4,6,9,23H2,1-2H3. The summed E-state index contributed by atoms with van der Waals surface area (Å²) < 4.78 is 11.2. The number of benzene rings is 2. The van der Waals surface area contributed by atoms with Crippen molar-refractivity contribution in [2.75, 3.05) is 20.8 Å². The molecule has 0 amide bonds. The van der Waals surface area contributed by atoms with Gasteiger partial charge in [0.1, 0.15) is 11.5 Å². The molecule has 0 bridgehead atoms. The van der Waals surface area contributed by atoms with Crippen molar-refractivity contribution in [3.05, 3.63) is 45.9 Å². The maximum Gasteiger partial charge on any atom is 0.131 e. The van der Waals surface area contributed by atoms with Crippen LogP contribution in [0.25, 0.3) is 22.2 Å². The van der Waals surface area contributed by atoms with Gasteiger partial charge in [0.25, 0.3) is 0 Å². The Bertz CT molecular complexity index is 900. The molecule has 0 unspecified atom stereocenters. The van der Waals surface area contributed by atoms with Crippen molar-refractivity contribution in [2.45, 2.75) is 19.3 Å². The largest absolute Gasteiger partial charge is 0.496 e. The normalized spacial score (nSPS) is 11.1. The summed E-state index contributed by atoms with van der Waals surface area (Å²) in [5.41, 5.74) is 9.52. The number of hydrogen-bond acceptors (Lipinski definition) is 3. The molecular weight excluding hydrogens is 371 g/mol. The summed E-state index contributed by atoms with van der Waals surface area (Å²) in [6.07, 6.45) is 2.75. The highest BCUT2D eigenvalue weighted by atomic mass is 35.5. The fourth-order valence-corrected chi connectivity index (χ4v) is 3.93. The van der Waals surface area contributed by atoms with E-state index in [1.165, 1.54) is 0 Å². The third-order valence-electron chi connectivity index (χ3n) is 4.48. The van der Waals surface area contributed by atoms with Crippen LogP contribution >= 0.6 is 23.2 Å². The first-order valence-electron chi connectivity index (χ1n) is 8.51. The number of aromatic nitrogens is 1. The van der Waals surface area contributed by atoms with Crippen molar-refractivity contribution in [2.24, 2.45) is 5.73 Å². The number of unbranched alkanes of at least 4 members (excludes halogenated alkanes) is 1.